The number of aromatic nitrogens is 2. The van der Waals surface area contributed by atoms with Crippen molar-refractivity contribution in [3.8, 4) is 17.5 Å². The predicted octanol–water partition coefficient (Wildman–Crippen LogP) is 1.45. The van der Waals surface area contributed by atoms with Crippen molar-refractivity contribution in [2.75, 3.05) is 0 Å². The second kappa shape index (κ2) is 3.26. The summed E-state index contributed by atoms with van der Waals surface area (Å²) in [5.74, 6) is -0.153. The van der Waals surface area contributed by atoms with Crippen molar-refractivity contribution in [2.45, 2.75) is 0 Å². The van der Waals surface area contributed by atoms with Crippen LogP contribution in [0.3, 0.4) is 0 Å². The Labute approximate surface area is 83.1 Å². The number of rotatable bonds is 2. The Balaban J connectivity index is 2.47. The minimum atomic E-state index is -0.647. The predicted molar refractivity (Wildman–Crippen MR) is 47.7 cm³/mol. The van der Waals surface area contributed by atoms with Gasteiger partial charge in [-0.2, -0.15) is 10.4 Å². The van der Waals surface area contributed by atoms with E-state index < -0.39 is 4.92 Å². The number of H-pyrrole nitrogens is 1. The number of nitrogens with one attached hydrogen (secondary N) is 1. The highest BCUT2D eigenvalue weighted by molar-refractivity contribution is 5.61. The normalized spacial score (nSPS) is 9.80. The Morgan fingerprint density at radius 2 is 2.40 bits per heavy atom. The van der Waals surface area contributed by atoms with E-state index in [1.54, 1.807) is 0 Å². The van der Waals surface area contributed by atoms with E-state index in [9.17, 15) is 10.1 Å². The summed E-state index contributed by atoms with van der Waals surface area (Å²) < 4.78 is 4.91. The molecule has 0 bridgehead atoms. The van der Waals surface area contributed by atoms with Crippen LogP contribution in [0.2, 0.25) is 0 Å². The van der Waals surface area contributed by atoms with Crippen LogP contribution in [-0.2, 0) is 0 Å². The van der Waals surface area contributed by atoms with Crippen molar-refractivity contribution in [3.63, 3.8) is 0 Å². The molecule has 0 spiro atoms. The van der Waals surface area contributed by atoms with E-state index in [-0.39, 0.29) is 17.2 Å². The Bertz CT molecular complexity index is 548. The van der Waals surface area contributed by atoms with Gasteiger partial charge < -0.3 is 4.42 Å². The topological polar surface area (TPSA) is 109 Å². The fraction of sp³-hybridized carbons (Fsp3) is 0. The minimum Gasteiger partial charge on any atom is -0.399 e. The molecule has 0 unspecified atom stereocenters. The summed E-state index contributed by atoms with van der Waals surface area (Å²) in [6.45, 7) is 0. The lowest BCUT2D eigenvalue weighted by Crippen LogP contribution is -1.83. The largest absolute Gasteiger partial charge is 0.433 e. The summed E-state index contributed by atoms with van der Waals surface area (Å²) in [4.78, 5) is 9.71. The molecule has 1 N–H and O–H groups in total. The summed E-state index contributed by atoms with van der Waals surface area (Å²) >= 11 is 0. The van der Waals surface area contributed by atoms with E-state index in [0.717, 1.165) is 0 Å². The van der Waals surface area contributed by atoms with Crippen LogP contribution in [0.15, 0.2) is 22.7 Å². The van der Waals surface area contributed by atoms with Crippen molar-refractivity contribution in [1.29, 1.82) is 5.26 Å². The van der Waals surface area contributed by atoms with Gasteiger partial charge in [-0.05, 0) is 6.07 Å². The highest BCUT2D eigenvalue weighted by atomic mass is 16.6. The average Bonchev–Trinajstić information content (AvgIpc) is 2.85. The highest BCUT2D eigenvalue weighted by Gasteiger charge is 2.16. The van der Waals surface area contributed by atoms with Crippen molar-refractivity contribution in [2.24, 2.45) is 0 Å². The minimum absolute atomic E-state index is 0.218. The lowest BCUT2D eigenvalue weighted by molar-refractivity contribution is -0.401. The molecule has 0 aliphatic carbocycles. The summed E-state index contributed by atoms with van der Waals surface area (Å²) in [5.41, 5.74) is 0.616. The van der Waals surface area contributed by atoms with Crippen LogP contribution in [0.25, 0.3) is 11.5 Å². The van der Waals surface area contributed by atoms with E-state index in [1.165, 1.54) is 18.3 Å². The van der Waals surface area contributed by atoms with E-state index in [0.29, 0.717) is 5.69 Å². The van der Waals surface area contributed by atoms with Crippen LogP contribution in [0.1, 0.15) is 5.56 Å². The second-order valence-electron chi connectivity index (χ2n) is 2.67. The molecule has 0 saturated carbocycles. The second-order valence-corrected chi connectivity index (χ2v) is 2.67. The molecule has 7 nitrogen and oxygen atoms in total. The van der Waals surface area contributed by atoms with E-state index in [2.05, 4.69) is 10.2 Å². The van der Waals surface area contributed by atoms with Gasteiger partial charge in [0.25, 0.3) is 0 Å². The smallest absolute Gasteiger partial charge is 0.399 e. The first-order valence-corrected chi connectivity index (χ1v) is 3.90. The SMILES string of the molecule is N#Cc1cn[nH]c1-c1ccc([N+](=O)[O-])o1. The third kappa shape index (κ3) is 1.44. The molecule has 2 aromatic heterocycles. The van der Waals surface area contributed by atoms with Gasteiger partial charge in [0.05, 0.1) is 12.3 Å². The Hall–Kier alpha value is -2.62. The van der Waals surface area contributed by atoms with Gasteiger partial charge in [-0.3, -0.25) is 15.2 Å². The lowest BCUT2D eigenvalue weighted by atomic mass is 10.2. The number of hydrogen-bond donors (Lipinski definition) is 1. The third-order valence-corrected chi connectivity index (χ3v) is 1.78. The first kappa shape index (κ1) is 8.96. The zero-order valence-electron chi connectivity index (χ0n) is 7.30. The van der Waals surface area contributed by atoms with E-state index in [4.69, 9.17) is 9.68 Å². The van der Waals surface area contributed by atoms with Crippen LogP contribution < -0.4 is 0 Å². The van der Waals surface area contributed by atoms with Gasteiger partial charge in [-0.15, -0.1) is 0 Å². The van der Waals surface area contributed by atoms with Crippen molar-refractivity contribution < 1.29 is 9.34 Å². The van der Waals surface area contributed by atoms with Crippen LogP contribution >= 0.6 is 0 Å². The fourth-order valence-corrected chi connectivity index (χ4v) is 1.12. The fourth-order valence-electron chi connectivity index (χ4n) is 1.12. The molecule has 0 atom stereocenters. The van der Waals surface area contributed by atoms with Gasteiger partial charge in [-0.1, -0.05) is 0 Å². The summed E-state index contributed by atoms with van der Waals surface area (Å²) in [7, 11) is 0. The maximum atomic E-state index is 10.4. The molecule has 2 heterocycles. The standard InChI is InChI=1S/C8H4N4O3/c9-3-5-4-10-11-8(5)6-1-2-7(15-6)12(13)14/h1-2,4H,(H,10,11). The molecule has 0 aliphatic rings. The molecule has 2 rings (SSSR count). The van der Waals surface area contributed by atoms with Gasteiger partial charge in [0.15, 0.2) is 5.76 Å². The van der Waals surface area contributed by atoms with E-state index in [1.807, 2.05) is 6.07 Å². The first-order valence-electron chi connectivity index (χ1n) is 3.90. The number of nitro groups is 1. The number of hydrogen-bond acceptors (Lipinski definition) is 5. The number of nitrogens with zero attached hydrogens (tertiary/aromatic N) is 3. The van der Waals surface area contributed by atoms with Crippen molar-refractivity contribution >= 4 is 5.88 Å². The molecular formula is C8H4N4O3. The number of aromatic amines is 1. The first-order chi connectivity index (χ1) is 7.22. The molecule has 0 fully saturated rings. The van der Waals surface area contributed by atoms with Gasteiger partial charge >= 0.3 is 5.88 Å². The van der Waals surface area contributed by atoms with Crippen LogP contribution in [0.5, 0.6) is 0 Å². The lowest BCUT2D eigenvalue weighted by Gasteiger charge is -1.89. The summed E-state index contributed by atoms with van der Waals surface area (Å²) in [6.07, 6.45) is 1.32. The molecule has 7 heteroatoms. The Morgan fingerprint density at radius 1 is 1.60 bits per heavy atom. The molecule has 0 amide bonds. The molecule has 2 aromatic rings. The zero-order chi connectivity index (χ0) is 10.8. The van der Waals surface area contributed by atoms with E-state index >= 15 is 0 Å². The summed E-state index contributed by atoms with van der Waals surface area (Å²) in [5, 5.41) is 25.2. The third-order valence-electron chi connectivity index (χ3n) is 1.78. The van der Waals surface area contributed by atoms with Crippen molar-refractivity contribution in [1.82, 2.24) is 10.2 Å². The maximum Gasteiger partial charge on any atom is 0.433 e. The molecule has 0 saturated heterocycles. The zero-order valence-corrected chi connectivity index (χ0v) is 7.30. The number of furan rings is 1. The van der Waals surface area contributed by atoms with Gasteiger partial charge in [0.2, 0.25) is 0 Å². The quantitative estimate of drug-likeness (QED) is 0.588. The molecule has 0 aromatic carbocycles. The number of nitriles is 1. The van der Waals surface area contributed by atoms with Gasteiger partial charge in [0, 0.05) is 0 Å². The van der Waals surface area contributed by atoms with Crippen LogP contribution in [0, 0.1) is 21.4 Å². The maximum absolute atomic E-state index is 10.4. The van der Waals surface area contributed by atoms with Gasteiger partial charge in [-0.25, -0.2) is 0 Å². The van der Waals surface area contributed by atoms with Crippen LogP contribution in [-0.4, -0.2) is 15.1 Å². The Morgan fingerprint density at radius 3 is 3.00 bits per heavy atom. The molecular weight excluding hydrogens is 200 g/mol. The highest BCUT2D eigenvalue weighted by Crippen LogP contribution is 2.26. The monoisotopic (exact) mass is 204 g/mol. The Kier molecular flexibility index (Phi) is 1.95. The summed E-state index contributed by atoms with van der Waals surface area (Å²) in [6, 6.07) is 4.52. The molecule has 74 valence electrons. The molecule has 0 aliphatic heterocycles. The molecule has 0 radical (unpaired) electrons. The van der Waals surface area contributed by atoms with Crippen LogP contribution in [0.4, 0.5) is 5.88 Å². The average molecular weight is 204 g/mol. The van der Waals surface area contributed by atoms with Crippen molar-refractivity contribution in [3.05, 3.63) is 34.0 Å². The van der Waals surface area contributed by atoms with Gasteiger partial charge in [0.1, 0.15) is 22.2 Å². The molecule has 15 heavy (non-hydrogen) atoms.